The maximum atomic E-state index is 12.6. The van der Waals surface area contributed by atoms with Crippen LogP contribution in [-0.4, -0.2) is 22.8 Å². The average Bonchev–Trinajstić information content (AvgIpc) is 2.57. The van der Waals surface area contributed by atoms with Crippen molar-refractivity contribution in [2.24, 2.45) is 0 Å². The molecule has 0 spiro atoms. The van der Waals surface area contributed by atoms with Gasteiger partial charge in [-0.05, 0) is 35.6 Å². The normalized spacial score (nSPS) is 13.4. The number of hydrogen-bond acceptors (Lipinski definition) is 2. The predicted molar refractivity (Wildman–Crippen MR) is 89.5 cm³/mol. The van der Waals surface area contributed by atoms with Gasteiger partial charge in [0.15, 0.2) is 0 Å². The summed E-state index contributed by atoms with van der Waals surface area (Å²) in [6.45, 7) is 4.21. The second kappa shape index (κ2) is 7.74. The molecule has 0 aliphatic heterocycles. The van der Waals surface area contributed by atoms with Crippen molar-refractivity contribution in [3.05, 3.63) is 66.0 Å². The smallest absolute Gasteiger partial charge is 0.223 e. The molecule has 1 aromatic carbocycles. The van der Waals surface area contributed by atoms with Crippen molar-refractivity contribution in [2.45, 2.75) is 38.6 Å². The Bertz CT molecular complexity index is 583. The van der Waals surface area contributed by atoms with E-state index in [4.69, 9.17) is 0 Å². The second-order valence-corrected chi connectivity index (χ2v) is 5.73. The molecular formula is C19H24N2O. The summed E-state index contributed by atoms with van der Waals surface area (Å²) < 4.78 is 0. The van der Waals surface area contributed by atoms with E-state index in [9.17, 15) is 4.79 Å². The van der Waals surface area contributed by atoms with Gasteiger partial charge in [0.2, 0.25) is 5.91 Å². The van der Waals surface area contributed by atoms with Crippen LogP contribution in [0.5, 0.6) is 0 Å². The van der Waals surface area contributed by atoms with E-state index in [-0.39, 0.29) is 17.9 Å². The van der Waals surface area contributed by atoms with Gasteiger partial charge in [-0.2, -0.15) is 0 Å². The van der Waals surface area contributed by atoms with Gasteiger partial charge in [0.05, 0.1) is 6.04 Å². The Kier molecular flexibility index (Phi) is 5.70. The van der Waals surface area contributed by atoms with Crippen molar-refractivity contribution < 1.29 is 4.79 Å². The Labute approximate surface area is 133 Å². The molecule has 2 unspecified atom stereocenters. The number of pyridine rings is 1. The molecule has 0 saturated heterocycles. The average molecular weight is 296 g/mol. The Morgan fingerprint density at radius 3 is 2.32 bits per heavy atom. The summed E-state index contributed by atoms with van der Waals surface area (Å²) in [6.07, 6.45) is 4.99. The number of rotatable bonds is 6. The van der Waals surface area contributed by atoms with E-state index >= 15 is 0 Å². The monoisotopic (exact) mass is 296 g/mol. The molecule has 0 aliphatic rings. The highest BCUT2D eigenvalue weighted by molar-refractivity contribution is 5.77. The fraction of sp³-hybridized carbons (Fsp3) is 0.368. The first-order chi connectivity index (χ1) is 10.6. The van der Waals surface area contributed by atoms with Crippen molar-refractivity contribution in [1.29, 1.82) is 0 Å². The van der Waals surface area contributed by atoms with Gasteiger partial charge in [0.1, 0.15) is 0 Å². The third-order valence-electron chi connectivity index (χ3n) is 4.19. The van der Waals surface area contributed by atoms with Crippen LogP contribution in [-0.2, 0) is 4.79 Å². The van der Waals surface area contributed by atoms with Crippen molar-refractivity contribution in [2.75, 3.05) is 7.05 Å². The first-order valence-corrected chi connectivity index (χ1v) is 7.84. The topological polar surface area (TPSA) is 33.2 Å². The molecule has 1 aromatic heterocycles. The summed E-state index contributed by atoms with van der Waals surface area (Å²) in [7, 11) is 1.90. The maximum Gasteiger partial charge on any atom is 0.223 e. The summed E-state index contributed by atoms with van der Waals surface area (Å²) in [4.78, 5) is 18.5. The van der Waals surface area contributed by atoms with E-state index in [1.54, 1.807) is 12.4 Å². The Hall–Kier alpha value is -2.16. The van der Waals surface area contributed by atoms with Crippen LogP contribution in [0.15, 0.2) is 54.9 Å². The van der Waals surface area contributed by atoms with Gasteiger partial charge in [-0.3, -0.25) is 9.78 Å². The lowest BCUT2D eigenvalue weighted by Gasteiger charge is -2.28. The summed E-state index contributed by atoms with van der Waals surface area (Å²) >= 11 is 0. The molecule has 0 bridgehead atoms. The van der Waals surface area contributed by atoms with Crippen LogP contribution in [0.2, 0.25) is 0 Å². The molecule has 2 rings (SSSR count). The quantitative estimate of drug-likeness (QED) is 0.801. The van der Waals surface area contributed by atoms with Crippen molar-refractivity contribution >= 4 is 5.91 Å². The van der Waals surface area contributed by atoms with Crippen molar-refractivity contribution in [3.8, 4) is 0 Å². The van der Waals surface area contributed by atoms with Crippen molar-refractivity contribution in [1.82, 2.24) is 9.88 Å². The van der Waals surface area contributed by atoms with Crippen molar-refractivity contribution in [3.63, 3.8) is 0 Å². The molecule has 116 valence electrons. The molecule has 0 fully saturated rings. The summed E-state index contributed by atoms with van der Waals surface area (Å²) in [5.41, 5.74) is 2.35. The van der Waals surface area contributed by atoms with E-state index in [1.807, 2.05) is 42.3 Å². The van der Waals surface area contributed by atoms with E-state index < -0.39 is 0 Å². The maximum absolute atomic E-state index is 12.6. The van der Waals surface area contributed by atoms with Crippen LogP contribution in [0.4, 0.5) is 0 Å². The minimum Gasteiger partial charge on any atom is -0.339 e. The third-order valence-corrected chi connectivity index (χ3v) is 4.19. The van der Waals surface area contributed by atoms with Gasteiger partial charge in [0, 0.05) is 25.9 Å². The Morgan fingerprint density at radius 2 is 1.73 bits per heavy atom. The first-order valence-electron chi connectivity index (χ1n) is 7.84. The highest BCUT2D eigenvalue weighted by Gasteiger charge is 2.21. The van der Waals surface area contributed by atoms with Gasteiger partial charge in [-0.1, -0.05) is 44.2 Å². The van der Waals surface area contributed by atoms with Gasteiger partial charge in [0.25, 0.3) is 0 Å². The largest absolute Gasteiger partial charge is 0.339 e. The third kappa shape index (κ3) is 3.94. The van der Waals surface area contributed by atoms with Gasteiger partial charge in [-0.15, -0.1) is 0 Å². The number of carbonyl (C=O) groups is 1. The van der Waals surface area contributed by atoms with E-state index in [0.29, 0.717) is 6.42 Å². The molecule has 0 radical (unpaired) electrons. The van der Waals surface area contributed by atoms with Gasteiger partial charge in [-0.25, -0.2) is 0 Å². The lowest BCUT2D eigenvalue weighted by atomic mass is 9.96. The van der Waals surface area contributed by atoms with E-state index in [1.165, 1.54) is 5.56 Å². The molecule has 2 aromatic rings. The lowest BCUT2D eigenvalue weighted by molar-refractivity contribution is -0.132. The standard InChI is InChI=1S/C19H24N2O/c1-4-18(17-10-12-20-13-11-17)21(3)19(22)14-15(2)16-8-6-5-7-9-16/h5-13,15,18H,4,14H2,1-3H3. The molecular weight excluding hydrogens is 272 g/mol. The van der Waals surface area contributed by atoms with Crippen LogP contribution < -0.4 is 0 Å². The Morgan fingerprint density at radius 1 is 1.09 bits per heavy atom. The number of aromatic nitrogens is 1. The molecule has 3 heteroatoms. The lowest BCUT2D eigenvalue weighted by Crippen LogP contribution is -2.31. The molecule has 2 atom stereocenters. The van der Waals surface area contributed by atoms with E-state index in [0.717, 1.165) is 12.0 Å². The zero-order valence-electron chi connectivity index (χ0n) is 13.6. The molecule has 0 aliphatic carbocycles. The molecule has 22 heavy (non-hydrogen) atoms. The zero-order valence-corrected chi connectivity index (χ0v) is 13.6. The van der Waals surface area contributed by atoms with E-state index in [2.05, 4.69) is 31.0 Å². The minimum absolute atomic E-state index is 0.110. The van der Waals surface area contributed by atoms with Crippen LogP contribution in [0.3, 0.4) is 0 Å². The number of nitrogens with zero attached hydrogens (tertiary/aromatic N) is 2. The fourth-order valence-corrected chi connectivity index (χ4v) is 2.80. The summed E-state index contributed by atoms with van der Waals surface area (Å²) in [5.74, 6) is 0.408. The first kappa shape index (κ1) is 16.2. The van der Waals surface area contributed by atoms with Crippen LogP contribution >= 0.6 is 0 Å². The molecule has 1 heterocycles. The fourth-order valence-electron chi connectivity index (χ4n) is 2.80. The number of hydrogen-bond donors (Lipinski definition) is 0. The number of benzene rings is 1. The zero-order chi connectivity index (χ0) is 15.9. The van der Waals surface area contributed by atoms with Crippen LogP contribution in [0.1, 0.15) is 49.8 Å². The van der Waals surface area contributed by atoms with Crippen LogP contribution in [0.25, 0.3) is 0 Å². The SMILES string of the molecule is CCC(c1ccncc1)N(C)C(=O)CC(C)c1ccccc1. The summed E-state index contributed by atoms with van der Waals surface area (Å²) in [6, 6.07) is 14.3. The molecule has 1 amide bonds. The van der Waals surface area contributed by atoms with Gasteiger partial charge >= 0.3 is 0 Å². The highest BCUT2D eigenvalue weighted by Crippen LogP contribution is 2.26. The van der Waals surface area contributed by atoms with Crippen LogP contribution in [0, 0.1) is 0 Å². The minimum atomic E-state index is 0.110. The number of amides is 1. The Balaban J connectivity index is 2.05. The number of carbonyl (C=O) groups excluding carboxylic acids is 1. The highest BCUT2D eigenvalue weighted by atomic mass is 16.2. The molecule has 0 N–H and O–H groups in total. The predicted octanol–water partition coefficient (Wildman–Crippen LogP) is 4.18. The second-order valence-electron chi connectivity index (χ2n) is 5.73. The molecule has 3 nitrogen and oxygen atoms in total. The molecule has 0 saturated carbocycles. The van der Waals surface area contributed by atoms with Gasteiger partial charge < -0.3 is 4.90 Å². The summed E-state index contributed by atoms with van der Waals surface area (Å²) in [5, 5.41) is 0.